The maximum Gasteiger partial charge on any atom is 0.0644 e. The number of allylic oxidation sites excluding steroid dienone is 2. The van der Waals surface area contributed by atoms with Crippen molar-refractivity contribution in [3.8, 4) is 0 Å². The van der Waals surface area contributed by atoms with Crippen molar-refractivity contribution in [1.29, 1.82) is 0 Å². The van der Waals surface area contributed by atoms with Crippen LogP contribution in [0.1, 0.15) is 84.0 Å². The first-order chi connectivity index (χ1) is 11.8. The second kappa shape index (κ2) is 11.9. The van der Waals surface area contributed by atoms with Gasteiger partial charge in [0, 0.05) is 6.61 Å². The summed E-state index contributed by atoms with van der Waals surface area (Å²) < 4.78 is 5.64. The molecular formula is C23H40O. The summed E-state index contributed by atoms with van der Waals surface area (Å²) in [6, 6.07) is 0. The summed E-state index contributed by atoms with van der Waals surface area (Å²) in [5.41, 5.74) is 0. The number of hydrogen-bond acceptors (Lipinski definition) is 1. The average Bonchev–Trinajstić information content (AvgIpc) is 2.63. The molecule has 1 nitrogen and oxygen atoms in total. The van der Waals surface area contributed by atoms with Crippen molar-refractivity contribution in [2.75, 3.05) is 13.2 Å². The van der Waals surface area contributed by atoms with Gasteiger partial charge in [-0.05, 0) is 56.3 Å². The molecule has 0 saturated heterocycles. The molecule has 2 aliphatic rings. The molecule has 0 unspecified atom stereocenters. The molecule has 0 amide bonds. The Labute approximate surface area is 150 Å². The zero-order valence-corrected chi connectivity index (χ0v) is 16.1. The van der Waals surface area contributed by atoms with Gasteiger partial charge >= 0.3 is 0 Å². The topological polar surface area (TPSA) is 9.23 Å². The molecule has 2 rings (SSSR count). The molecule has 1 heteroatoms. The van der Waals surface area contributed by atoms with Crippen molar-refractivity contribution in [3.05, 3.63) is 24.8 Å². The molecule has 0 bridgehead atoms. The Hall–Kier alpha value is -0.560. The van der Waals surface area contributed by atoms with E-state index in [9.17, 15) is 0 Å². The van der Waals surface area contributed by atoms with E-state index in [0.29, 0.717) is 0 Å². The largest absolute Gasteiger partial charge is 0.377 e. The van der Waals surface area contributed by atoms with Crippen LogP contribution in [0.5, 0.6) is 0 Å². The summed E-state index contributed by atoms with van der Waals surface area (Å²) in [5, 5.41) is 0. The third kappa shape index (κ3) is 7.55. The lowest BCUT2D eigenvalue weighted by atomic mass is 9.75. The fourth-order valence-corrected chi connectivity index (χ4v) is 4.78. The Balaban J connectivity index is 1.51. The highest BCUT2D eigenvalue weighted by Crippen LogP contribution is 2.37. The summed E-state index contributed by atoms with van der Waals surface area (Å²) in [6.07, 6.45) is 23.8. The number of hydrogen-bond donors (Lipinski definition) is 0. The summed E-state index contributed by atoms with van der Waals surface area (Å²) in [5.74, 6) is 3.88. The second-order valence-corrected chi connectivity index (χ2v) is 8.32. The van der Waals surface area contributed by atoms with Crippen LogP contribution in [0.3, 0.4) is 0 Å². The van der Waals surface area contributed by atoms with E-state index in [-0.39, 0.29) is 0 Å². The van der Waals surface area contributed by atoms with E-state index < -0.39 is 0 Å². The minimum absolute atomic E-state index is 0.720. The molecule has 2 fully saturated rings. The lowest BCUT2D eigenvalue weighted by molar-refractivity contribution is 0.0936. The molecule has 0 heterocycles. The molecule has 0 aliphatic heterocycles. The minimum Gasteiger partial charge on any atom is -0.377 e. The minimum atomic E-state index is 0.720. The van der Waals surface area contributed by atoms with Crippen LogP contribution in [0.25, 0.3) is 0 Å². The van der Waals surface area contributed by atoms with Crippen molar-refractivity contribution < 1.29 is 4.74 Å². The van der Waals surface area contributed by atoms with Crippen molar-refractivity contribution in [2.24, 2.45) is 23.7 Å². The van der Waals surface area contributed by atoms with E-state index in [0.717, 1.165) is 36.9 Å². The van der Waals surface area contributed by atoms with Gasteiger partial charge in [0.05, 0.1) is 6.61 Å². The van der Waals surface area contributed by atoms with Gasteiger partial charge in [-0.15, -0.1) is 6.58 Å². The van der Waals surface area contributed by atoms with Crippen LogP contribution in [0.2, 0.25) is 0 Å². The van der Waals surface area contributed by atoms with Gasteiger partial charge in [0.1, 0.15) is 0 Å². The first-order valence-corrected chi connectivity index (χ1v) is 10.6. The van der Waals surface area contributed by atoms with Gasteiger partial charge in [0.25, 0.3) is 0 Å². The standard InChI is InChI=1S/C23H40O/c1-3-5-6-7-20-8-10-21(11-9-20)12-13-22-14-16-23(17-15-22)19-24-18-4-2/h3-5,20-23H,2,6-19H2,1H3/b5-3+/t20-,21-,22?,23?. The van der Waals surface area contributed by atoms with E-state index in [4.69, 9.17) is 4.74 Å². The van der Waals surface area contributed by atoms with Gasteiger partial charge in [-0.3, -0.25) is 0 Å². The normalized spacial score (nSPS) is 31.4. The van der Waals surface area contributed by atoms with Gasteiger partial charge < -0.3 is 4.74 Å². The molecule has 0 spiro atoms. The smallest absolute Gasteiger partial charge is 0.0644 e. The first kappa shape index (κ1) is 19.8. The Morgan fingerprint density at radius 2 is 1.29 bits per heavy atom. The highest BCUT2D eigenvalue weighted by molar-refractivity contribution is 4.81. The van der Waals surface area contributed by atoms with E-state index in [2.05, 4.69) is 25.7 Å². The molecule has 138 valence electrons. The Morgan fingerprint density at radius 1 is 0.792 bits per heavy atom. The van der Waals surface area contributed by atoms with Crippen LogP contribution in [-0.2, 0) is 4.74 Å². The summed E-state index contributed by atoms with van der Waals surface area (Å²) in [6.45, 7) is 7.53. The quantitative estimate of drug-likeness (QED) is 0.311. The average molecular weight is 333 g/mol. The Morgan fingerprint density at radius 3 is 1.79 bits per heavy atom. The third-order valence-corrected chi connectivity index (χ3v) is 6.48. The van der Waals surface area contributed by atoms with Gasteiger partial charge in [-0.2, -0.15) is 0 Å². The second-order valence-electron chi connectivity index (χ2n) is 8.32. The highest BCUT2D eigenvalue weighted by atomic mass is 16.5. The van der Waals surface area contributed by atoms with Crippen LogP contribution in [-0.4, -0.2) is 13.2 Å². The maximum atomic E-state index is 5.64. The molecular weight excluding hydrogens is 292 g/mol. The van der Waals surface area contributed by atoms with E-state index in [1.165, 1.54) is 77.0 Å². The molecule has 0 N–H and O–H groups in total. The molecule has 0 radical (unpaired) electrons. The van der Waals surface area contributed by atoms with Crippen LogP contribution in [0.4, 0.5) is 0 Å². The molecule has 2 saturated carbocycles. The van der Waals surface area contributed by atoms with Crippen LogP contribution >= 0.6 is 0 Å². The number of rotatable bonds is 10. The summed E-state index contributed by atoms with van der Waals surface area (Å²) in [7, 11) is 0. The first-order valence-electron chi connectivity index (χ1n) is 10.6. The SMILES string of the molecule is C=CCOCC1CCC(CC[C@H]2CC[C@H](CC/C=C/C)CC2)CC1. The van der Waals surface area contributed by atoms with Crippen LogP contribution in [0.15, 0.2) is 24.8 Å². The predicted octanol–water partition coefficient (Wildman–Crippen LogP) is 6.94. The fourth-order valence-electron chi connectivity index (χ4n) is 4.78. The van der Waals surface area contributed by atoms with E-state index in [1.54, 1.807) is 0 Å². The van der Waals surface area contributed by atoms with Crippen molar-refractivity contribution in [2.45, 2.75) is 84.0 Å². The lowest BCUT2D eigenvalue weighted by Crippen LogP contribution is -2.20. The summed E-state index contributed by atoms with van der Waals surface area (Å²) in [4.78, 5) is 0. The fraction of sp³-hybridized carbons (Fsp3) is 0.826. The van der Waals surface area contributed by atoms with Gasteiger partial charge in [0.2, 0.25) is 0 Å². The molecule has 2 aliphatic carbocycles. The molecule has 0 aromatic rings. The van der Waals surface area contributed by atoms with Crippen LogP contribution < -0.4 is 0 Å². The van der Waals surface area contributed by atoms with Gasteiger partial charge in [0.15, 0.2) is 0 Å². The monoisotopic (exact) mass is 332 g/mol. The van der Waals surface area contributed by atoms with Crippen molar-refractivity contribution in [3.63, 3.8) is 0 Å². The third-order valence-electron chi connectivity index (χ3n) is 6.48. The van der Waals surface area contributed by atoms with E-state index in [1.807, 2.05) is 6.08 Å². The zero-order chi connectivity index (χ0) is 17.0. The number of ether oxygens (including phenoxy) is 1. The van der Waals surface area contributed by atoms with Crippen LogP contribution in [0, 0.1) is 23.7 Å². The summed E-state index contributed by atoms with van der Waals surface area (Å²) >= 11 is 0. The molecule has 0 atom stereocenters. The van der Waals surface area contributed by atoms with E-state index >= 15 is 0 Å². The van der Waals surface area contributed by atoms with Gasteiger partial charge in [-0.1, -0.05) is 69.6 Å². The highest BCUT2D eigenvalue weighted by Gasteiger charge is 2.24. The predicted molar refractivity (Wildman–Crippen MR) is 105 cm³/mol. The maximum absolute atomic E-state index is 5.64. The molecule has 0 aromatic carbocycles. The zero-order valence-electron chi connectivity index (χ0n) is 16.1. The lowest BCUT2D eigenvalue weighted by Gasteiger charge is -2.32. The Bertz CT molecular complexity index is 343. The Kier molecular flexibility index (Phi) is 9.80. The molecule has 24 heavy (non-hydrogen) atoms. The molecule has 0 aromatic heterocycles. The van der Waals surface area contributed by atoms with Crippen molar-refractivity contribution in [1.82, 2.24) is 0 Å². The van der Waals surface area contributed by atoms with Gasteiger partial charge in [-0.25, -0.2) is 0 Å². The van der Waals surface area contributed by atoms with Crippen molar-refractivity contribution >= 4 is 0 Å².